The number of rotatable bonds is 0. The lowest BCUT2D eigenvalue weighted by Crippen LogP contribution is -2.36. The summed E-state index contributed by atoms with van der Waals surface area (Å²) in [5, 5.41) is 1.13. The molecule has 1 amide bonds. The molecule has 1 heterocycles. The summed E-state index contributed by atoms with van der Waals surface area (Å²) in [6.07, 6.45) is 0. The summed E-state index contributed by atoms with van der Waals surface area (Å²) < 4.78 is -0.137. The van der Waals surface area contributed by atoms with Crippen molar-refractivity contribution in [3.63, 3.8) is 0 Å². The second-order valence-corrected chi connectivity index (χ2v) is 3.35. The molecule has 1 aliphatic rings. The molecule has 0 aliphatic carbocycles. The van der Waals surface area contributed by atoms with Gasteiger partial charge in [-0.2, -0.15) is 0 Å². The molecule has 1 atom stereocenters. The van der Waals surface area contributed by atoms with Crippen LogP contribution in [0, 0.1) is 0 Å². The third kappa shape index (κ3) is 0.936. The molecule has 2 N–H and O–H groups in total. The van der Waals surface area contributed by atoms with Crippen LogP contribution < -0.4 is 5.84 Å². The van der Waals surface area contributed by atoms with Gasteiger partial charge in [-0.05, 0) is 0 Å². The van der Waals surface area contributed by atoms with Crippen LogP contribution in [-0.4, -0.2) is 21.4 Å². The highest BCUT2D eigenvalue weighted by molar-refractivity contribution is 8.11. The minimum atomic E-state index is -0.137. The SMILES string of the molecule is NN1C(=O)CSC1S. The van der Waals surface area contributed by atoms with Crippen molar-refractivity contribution < 1.29 is 4.79 Å². The Hall–Kier alpha value is 0.130. The summed E-state index contributed by atoms with van der Waals surface area (Å²) in [5.74, 6) is 5.63. The molecule has 8 heavy (non-hydrogen) atoms. The fourth-order valence-corrected chi connectivity index (χ4v) is 1.50. The maximum absolute atomic E-state index is 10.5. The fraction of sp³-hybridized carbons (Fsp3) is 0.667. The number of amides is 1. The standard InChI is InChI=1S/C3H6N2OS2/c4-5-2(6)1-8-3(5)7/h3,7H,1,4H2. The van der Waals surface area contributed by atoms with Crippen molar-refractivity contribution >= 4 is 30.3 Å². The monoisotopic (exact) mass is 150 g/mol. The van der Waals surface area contributed by atoms with Gasteiger partial charge in [0, 0.05) is 0 Å². The highest BCUT2D eigenvalue weighted by atomic mass is 32.2. The zero-order valence-electron chi connectivity index (χ0n) is 4.07. The van der Waals surface area contributed by atoms with E-state index in [9.17, 15) is 4.79 Å². The number of carbonyl (C=O) groups is 1. The highest BCUT2D eigenvalue weighted by Crippen LogP contribution is 2.23. The molecule has 5 heteroatoms. The predicted octanol–water partition coefficient (Wildman–Crippen LogP) is -0.351. The quantitative estimate of drug-likeness (QED) is 0.282. The third-order valence-corrected chi connectivity index (χ3v) is 2.52. The van der Waals surface area contributed by atoms with E-state index in [1.54, 1.807) is 0 Å². The number of nitrogens with two attached hydrogens (primary N) is 1. The molecule has 0 aromatic rings. The van der Waals surface area contributed by atoms with Gasteiger partial charge in [-0.1, -0.05) is 0 Å². The maximum Gasteiger partial charge on any atom is 0.248 e. The Labute approximate surface area is 57.0 Å². The predicted molar refractivity (Wildman–Crippen MR) is 36.3 cm³/mol. The summed E-state index contributed by atoms with van der Waals surface area (Å²) in [6.45, 7) is 0. The van der Waals surface area contributed by atoms with E-state index in [4.69, 9.17) is 5.84 Å². The molecule has 0 aromatic carbocycles. The largest absolute Gasteiger partial charge is 0.272 e. The minimum absolute atomic E-state index is 0.0463. The van der Waals surface area contributed by atoms with Gasteiger partial charge in [0.1, 0.15) is 4.71 Å². The van der Waals surface area contributed by atoms with Gasteiger partial charge in [0.15, 0.2) is 0 Å². The van der Waals surface area contributed by atoms with Gasteiger partial charge in [0.2, 0.25) is 5.91 Å². The second kappa shape index (κ2) is 2.16. The van der Waals surface area contributed by atoms with Crippen LogP contribution in [-0.2, 0) is 4.79 Å². The number of hydrogen-bond donors (Lipinski definition) is 2. The Morgan fingerprint density at radius 2 is 2.62 bits per heavy atom. The summed E-state index contributed by atoms with van der Waals surface area (Å²) in [5.41, 5.74) is 0. The Balaban J connectivity index is 2.56. The molecule has 1 rings (SSSR count). The summed E-state index contributed by atoms with van der Waals surface area (Å²) >= 11 is 5.42. The summed E-state index contributed by atoms with van der Waals surface area (Å²) in [7, 11) is 0. The molecule has 0 saturated carbocycles. The van der Waals surface area contributed by atoms with Crippen molar-refractivity contribution in [2.75, 3.05) is 5.75 Å². The zero-order valence-corrected chi connectivity index (χ0v) is 5.78. The normalized spacial score (nSPS) is 29.5. The van der Waals surface area contributed by atoms with E-state index in [-0.39, 0.29) is 10.6 Å². The molecule has 0 bridgehead atoms. The van der Waals surface area contributed by atoms with Crippen LogP contribution in [0.2, 0.25) is 0 Å². The van der Waals surface area contributed by atoms with Crippen LogP contribution in [0.1, 0.15) is 0 Å². The molecule has 0 spiro atoms. The number of carbonyl (C=O) groups excluding carboxylic acids is 1. The molecule has 1 saturated heterocycles. The highest BCUT2D eigenvalue weighted by Gasteiger charge is 2.25. The molecule has 1 unspecified atom stereocenters. The van der Waals surface area contributed by atoms with Gasteiger partial charge < -0.3 is 0 Å². The van der Waals surface area contributed by atoms with Gasteiger partial charge in [-0.15, -0.1) is 24.4 Å². The average molecular weight is 150 g/mol. The van der Waals surface area contributed by atoms with E-state index in [2.05, 4.69) is 12.6 Å². The van der Waals surface area contributed by atoms with E-state index >= 15 is 0 Å². The summed E-state index contributed by atoms with van der Waals surface area (Å²) in [4.78, 5) is 10.5. The van der Waals surface area contributed by atoms with Gasteiger partial charge in [0.05, 0.1) is 5.75 Å². The first-order valence-corrected chi connectivity index (χ1v) is 3.65. The van der Waals surface area contributed by atoms with Crippen molar-refractivity contribution in [1.82, 2.24) is 5.01 Å². The second-order valence-electron chi connectivity index (χ2n) is 1.44. The number of thiol groups is 1. The first-order chi connectivity index (χ1) is 3.72. The lowest BCUT2D eigenvalue weighted by Gasteiger charge is -2.10. The van der Waals surface area contributed by atoms with E-state index in [1.807, 2.05) is 0 Å². The van der Waals surface area contributed by atoms with Gasteiger partial charge >= 0.3 is 0 Å². The lowest BCUT2D eigenvalue weighted by atomic mass is 10.7. The molecular formula is C3H6N2OS2. The van der Waals surface area contributed by atoms with Crippen LogP contribution in [0.15, 0.2) is 0 Å². The Bertz CT molecular complexity index is 118. The van der Waals surface area contributed by atoms with Crippen LogP contribution in [0.3, 0.4) is 0 Å². The van der Waals surface area contributed by atoms with Crippen molar-refractivity contribution in [2.45, 2.75) is 4.71 Å². The molecule has 0 aromatic heterocycles. The molecule has 1 fully saturated rings. The summed E-state index contributed by atoms with van der Waals surface area (Å²) in [6, 6.07) is 0. The molecular weight excluding hydrogens is 144 g/mol. The van der Waals surface area contributed by atoms with Crippen LogP contribution >= 0.6 is 24.4 Å². The first kappa shape index (κ1) is 6.25. The fourth-order valence-electron chi connectivity index (χ4n) is 0.424. The van der Waals surface area contributed by atoms with Gasteiger partial charge in [0.25, 0.3) is 0 Å². The van der Waals surface area contributed by atoms with E-state index in [1.165, 1.54) is 11.8 Å². The maximum atomic E-state index is 10.5. The molecule has 1 aliphatic heterocycles. The van der Waals surface area contributed by atoms with Crippen LogP contribution in [0.4, 0.5) is 0 Å². The average Bonchev–Trinajstić information content (AvgIpc) is 1.98. The van der Waals surface area contributed by atoms with E-state index in [0.29, 0.717) is 5.75 Å². The lowest BCUT2D eigenvalue weighted by molar-refractivity contribution is -0.127. The van der Waals surface area contributed by atoms with Crippen molar-refractivity contribution in [3.8, 4) is 0 Å². The van der Waals surface area contributed by atoms with Crippen molar-refractivity contribution in [3.05, 3.63) is 0 Å². The smallest absolute Gasteiger partial charge is 0.248 e. The van der Waals surface area contributed by atoms with Crippen molar-refractivity contribution in [2.24, 2.45) is 5.84 Å². The van der Waals surface area contributed by atoms with Crippen molar-refractivity contribution in [1.29, 1.82) is 0 Å². The Morgan fingerprint density at radius 1 is 2.00 bits per heavy atom. The van der Waals surface area contributed by atoms with Crippen LogP contribution in [0.5, 0.6) is 0 Å². The topological polar surface area (TPSA) is 46.3 Å². The number of hydrogen-bond acceptors (Lipinski definition) is 4. The zero-order chi connectivity index (χ0) is 6.15. The Kier molecular flexibility index (Phi) is 1.69. The third-order valence-electron chi connectivity index (χ3n) is 0.882. The number of nitrogens with zero attached hydrogens (tertiary/aromatic N) is 1. The molecule has 46 valence electrons. The number of thioether (sulfide) groups is 1. The Morgan fingerprint density at radius 3 is 2.75 bits per heavy atom. The van der Waals surface area contributed by atoms with Gasteiger partial charge in [-0.3, -0.25) is 9.80 Å². The molecule has 3 nitrogen and oxygen atoms in total. The van der Waals surface area contributed by atoms with Crippen LogP contribution in [0.25, 0.3) is 0 Å². The number of hydrazine groups is 1. The van der Waals surface area contributed by atoms with E-state index < -0.39 is 0 Å². The first-order valence-electron chi connectivity index (χ1n) is 2.08. The molecule has 0 radical (unpaired) electrons. The van der Waals surface area contributed by atoms with E-state index in [0.717, 1.165) is 5.01 Å². The minimum Gasteiger partial charge on any atom is -0.272 e. The van der Waals surface area contributed by atoms with Gasteiger partial charge in [-0.25, -0.2) is 5.84 Å².